The molecule has 0 saturated heterocycles. The van der Waals surface area contributed by atoms with Gasteiger partial charge in [0.15, 0.2) is 0 Å². The van der Waals surface area contributed by atoms with Crippen LogP contribution in [-0.4, -0.2) is 44.2 Å². The van der Waals surface area contributed by atoms with E-state index in [9.17, 15) is 9.59 Å². The Morgan fingerprint density at radius 1 is 1.00 bits per heavy atom. The Kier molecular flexibility index (Phi) is 8.00. The molecular weight excluding hydrogens is 498 g/mol. The third-order valence-electron chi connectivity index (χ3n) is 6.76. The topological polar surface area (TPSA) is 89.6 Å². The number of nitrogens with zero attached hydrogens (tertiary/aromatic N) is 1. The van der Waals surface area contributed by atoms with Crippen molar-refractivity contribution in [3.05, 3.63) is 76.2 Å². The van der Waals surface area contributed by atoms with Gasteiger partial charge in [-0.2, -0.15) is 0 Å². The summed E-state index contributed by atoms with van der Waals surface area (Å²) in [6.45, 7) is 1.10. The minimum atomic E-state index is -0.264. The van der Waals surface area contributed by atoms with Gasteiger partial charge in [-0.3, -0.25) is 9.59 Å². The number of ether oxygens (including phenoxy) is 2. The predicted octanol–water partition coefficient (Wildman–Crippen LogP) is 5.87. The molecule has 2 aromatic carbocycles. The molecular formula is C30H31N3O4S. The first-order valence-corrected chi connectivity index (χ1v) is 13.7. The number of fused-ring (bicyclic) bond motifs is 2. The van der Waals surface area contributed by atoms with Gasteiger partial charge in [0.05, 0.1) is 29.4 Å². The Labute approximate surface area is 226 Å². The number of benzene rings is 2. The normalized spacial score (nSPS) is 12.7. The Morgan fingerprint density at radius 3 is 2.68 bits per heavy atom. The van der Waals surface area contributed by atoms with Crippen molar-refractivity contribution in [3.8, 4) is 17.0 Å². The van der Waals surface area contributed by atoms with Crippen molar-refractivity contribution in [1.29, 1.82) is 0 Å². The summed E-state index contributed by atoms with van der Waals surface area (Å²) in [5.74, 6) is 0.306. The Balaban J connectivity index is 1.51. The molecule has 196 valence electrons. The lowest BCUT2D eigenvalue weighted by molar-refractivity contribution is 0.0948. The number of nitrogens with one attached hydrogen (secondary N) is 2. The summed E-state index contributed by atoms with van der Waals surface area (Å²) in [6, 6.07) is 17.0. The number of aromatic nitrogens is 1. The first kappa shape index (κ1) is 25.9. The van der Waals surface area contributed by atoms with Gasteiger partial charge in [-0.1, -0.05) is 30.3 Å². The van der Waals surface area contributed by atoms with Crippen LogP contribution >= 0.6 is 11.3 Å². The number of carbonyl (C=O) groups is 2. The molecule has 0 saturated carbocycles. The average molecular weight is 530 g/mol. The summed E-state index contributed by atoms with van der Waals surface area (Å²) in [5.41, 5.74) is 4.42. The fraction of sp³-hybridized carbons (Fsp3) is 0.300. The first-order valence-electron chi connectivity index (χ1n) is 12.9. The van der Waals surface area contributed by atoms with E-state index in [0.717, 1.165) is 54.1 Å². The molecule has 0 radical (unpaired) electrons. The number of aryl methyl sites for hydroxylation is 1. The summed E-state index contributed by atoms with van der Waals surface area (Å²) < 4.78 is 10.5. The van der Waals surface area contributed by atoms with E-state index in [2.05, 4.69) is 10.6 Å². The Hall–Kier alpha value is -3.75. The number of para-hydroxylation sites is 1. The van der Waals surface area contributed by atoms with Gasteiger partial charge >= 0.3 is 0 Å². The van der Waals surface area contributed by atoms with Gasteiger partial charge in [-0.15, -0.1) is 11.3 Å². The fourth-order valence-electron chi connectivity index (χ4n) is 4.86. The number of amides is 2. The highest BCUT2D eigenvalue weighted by Crippen LogP contribution is 2.39. The van der Waals surface area contributed by atoms with Crippen LogP contribution in [0.1, 0.15) is 50.4 Å². The molecule has 7 nitrogen and oxygen atoms in total. The highest BCUT2D eigenvalue weighted by molar-refractivity contribution is 7.17. The van der Waals surface area contributed by atoms with Crippen molar-refractivity contribution < 1.29 is 19.1 Å². The number of hydrogen-bond acceptors (Lipinski definition) is 6. The van der Waals surface area contributed by atoms with Crippen molar-refractivity contribution in [3.63, 3.8) is 0 Å². The monoisotopic (exact) mass is 529 g/mol. The zero-order valence-electron chi connectivity index (χ0n) is 21.6. The van der Waals surface area contributed by atoms with Crippen LogP contribution in [0.25, 0.3) is 22.2 Å². The van der Waals surface area contributed by atoms with Gasteiger partial charge < -0.3 is 20.1 Å². The maximum Gasteiger partial charge on any atom is 0.257 e. The van der Waals surface area contributed by atoms with Gasteiger partial charge in [0, 0.05) is 36.1 Å². The van der Waals surface area contributed by atoms with Crippen LogP contribution in [0.2, 0.25) is 0 Å². The molecule has 5 rings (SSSR count). The van der Waals surface area contributed by atoms with Gasteiger partial charge in [0.2, 0.25) is 0 Å². The van der Waals surface area contributed by atoms with Crippen LogP contribution in [0.15, 0.2) is 54.6 Å². The second-order valence-electron chi connectivity index (χ2n) is 9.28. The second-order valence-corrected chi connectivity index (χ2v) is 10.4. The second kappa shape index (κ2) is 11.8. The quantitative estimate of drug-likeness (QED) is 0.265. The Morgan fingerprint density at radius 2 is 1.84 bits per heavy atom. The third kappa shape index (κ3) is 5.42. The zero-order valence-corrected chi connectivity index (χ0v) is 22.5. The molecule has 2 aromatic heterocycles. The molecule has 1 aliphatic carbocycles. The van der Waals surface area contributed by atoms with Crippen LogP contribution in [-0.2, 0) is 17.6 Å². The molecule has 2 N–H and O–H groups in total. The Bertz CT molecular complexity index is 1480. The number of methoxy groups -OCH3 is 2. The maximum atomic E-state index is 13.8. The van der Waals surface area contributed by atoms with E-state index in [-0.39, 0.29) is 11.8 Å². The van der Waals surface area contributed by atoms with Gasteiger partial charge in [-0.25, -0.2) is 4.98 Å². The van der Waals surface area contributed by atoms with E-state index >= 15 is 0 Å². The summed E-state index contributed by atoms with van der Waals surface area (Å²) >= 11 is 1.52. The lowest BCUT2D eigenvalue weighted by Gasteiger charge is -2.14. The first-order chi connectivity index (χ1) is 18.6. The summed E-state index contributed by atoms with van der Waals surface area (Å²) in [4.78, 5) is 33.1. The molecule has 2 heterocycles. The van der Waals surface area contributed by atoms with E-state index in [1.165, 1.54) is 16.2 Å². The zero-order chi connectivity index (χ0) is 26.5. The molecule has 2 amide bonds. The molecule has 4 aromatic rings. The summed E-state index contributed by atoms with van der Waals surface area (Å²) in [7, 11) is 3.27. The minimum Gasteiger partial charge on any atom is -0.497 e. The molecule has 0 atom stereocenters. The number of pyridine rings is 1. The van der Waals surface area contributed by atoms with Crippen LogP contribution in [0.4, 0.5) is 5.00 Å². The highest BCUT2D eigenvalue weighted by atomic mass is 32.1. The molecule has 8 heteroatoms. The van der Waals surface area contributed by atoms with Crippen molar-refractivity contribution >= 4 is 39.1 Å². The fourth-order valence-corrected chi connectivity index (χ4v) is 6.15. The number of rotatable bonds is 9. The molecule has 0 fully saturated rings. The number of anilines is 1. The number of carbonyl (C=O) groups excluding carboxylic acids is 2. The maximum absolute atomic E-state index is 13.8. The lowest BCUT2D eigenvalue weighted by Crippen LogP contribution is -2.27. The SMILES string of the molecule is COCCCNC(=O)c1c(NC(=O)c2cc(-c3cccc(OC)c3)nc3ccccc23)sc2c1CCCC2. The van der Waals surface area contributed by atoms with Gasteiger partial charge in [0.25, 0.3) is 11.8 Å². The van der Waals surface area contributed by atoms with Crippen molar-refractivity contribution in [1.82, 2.24) is 10.3 Å². The highest BCUT2D eigenvalue weighted by Gasteiger charge is 2.27. The van der Waals surface area contributed by atoms with Crippen molar-refractivity contribution in [2.24, 2.45) is 0 Å². The molecule has 0 spiro atoms. The molecule has 0 bridgehead atoms. The largest absolute Gasteiger partial charge is 0.497 e. The smallest absolute Gasteiger partial charge is 0.257 e. The van der Waals surface area contributed by atoms with Gasteiger partial charge in [0.1, 0.15) is 10.8 Å². The minimum absolute atomic E-state index is 0.146. The average Bonchev–Trinajstić information content (AvgIpc) is 3.32. The lowest BCUT2D eigenvalue weighted by atomic mass is 9.95. The molecule has 38 heavy (non-hydrogen) atoms. The van der Waals surface area contributed by atoms with Crippen molar-refractivity contribution in [2.45, 2.75) is 32.1 Å². The predicted molar refractivity (Wildman–Crippen MR) is 151 cm³/mol. The van der Waals surface area contributed by atoms with E-state index < -0.39 is 0 Å². The van der Waals surface area contributed by atoms with Crippen LogP contribution < -0.4 is 15.4 Å². The summed E-state index contributed by atoms with van der Waals surface area (Å²) in [5, 5.41) is 7.47. The number of thiophene rings is 1. The number of hydrogen-bond donors (Lipinski definition) is 2. The van der Waals surface area contributed by atoms with Crippen LogP contribution in [0, 0.1) is 0 Å². The molecule has 1 aliphatic rings. The van der Waals surface area contributed by atoms with E-state index in [4.69, 9.17) is 14.5 Å². The van der Waals surface area contributed by atoms with E-state index in [0.29, 0.717) is 40.7 Å². The van der Waals surface area contributed by atoms with Crippen molar-refractivity contribution in [2.75, 3.05) is 32.7 Å². The third-order valence-corrected chi connectivity index (χ3v) is 7.97. The standard InChI is InChI=1S/C30H31N3O4S/c1-36-16-8-15-31-29(35)27-22-12-4-6-14-26(22)38-30(27)33-28(34)23-18-25(19-9-7-10-20(17-19)37-2)32-24-13-5-3-11-21(23)24/h3,5,7,9-11,13,17-18H,4,6,8,12,14-16H2,1-2H3,(H,31,35)(H,33,34). The van der Waals surface area contributed by atoms with E-state index in [1.54, 1.807) is 14.2 Å². The van der Waals surface area contributed by atoms with Crippen LogP contribution in [0.5, 0.6) is 5.75 Å². The van der Waals surface area contributed by atoms with Gasteiger partial charge in [-0.05, 0) is 61.9 Å². The van der Waals surface area contributed by atoms with Crippen LogP contribution in [0.3, 0.4) is 0 Å². The molecule has 0 unspecified atom stereocenters. The molecule has 0 aliphatic heterocycles. The van der Waals surface area contributed by atoms with E-state index in [1.807, 2.05) is 54.6 Å². The summed E-state index contributed by atoms with van der Waals surface area (Å²) in [6.07, 6.45) is 4.64.